The molecule has 0 unspecified atom stereocenters. The van der Waals surface area contributed by atoms with Crippen LogP contribution < -0.4 is 16.8 Å². The second-order valence-electron chi connectivity index (χ2n) is 5.02. The number of amides is 1. The normalized spacial score (nSPS) is 17.2. The van der Waals surface area contributed by atoms with Crippen molar-refractivity contribution in [1.82, 2.24) is 5.32 Å². The summed E-state index contributed by atoms with van der Waals surface area (Å²) in [6.07, 6.45) is -7.94. The summed E-state index contributed by atoms with van der Waals surface area (Å²) in [5.74, 6) is -2.81. The molecule has 0 aliphatic rings. The molecule has 0 aliphatic heterocycles. The van der Waals surface area contributed by atoms with Crippen molar-refractivity contribution in [3.05, 3.63) is 0 Å². The molecule has 0 aliphatic carbocycles. The monoisotopic (exact) mass is 352 g/mol. The van der Waals surface area contributed by atoms with Gasteiger partial charge in [-0.15, -0.1) is 0 Å². The van der Waals surface area contributed by atoms with Gasteiger partial charge >= 0.3 is 5.97 Å². The summed E-state index contributed by atoms with van der Waals surface area (Å²) in [5.41, 5.74) is 10.2. The molecule has 140 valence electrons. The number of nitrogens with zero attached hydrogens (tertiary/aromatic N) is 1. The van der Waals surface area contributed by atoms with Crippen molar-refractivity contribution in [3.8, 4) is 0 Å². The number of carboxylic acids is 1. The predicted octanol–water partition coefficient (Wildman–Crippen LogP) is -4.95. The summed E-state index contributed by atoms with van der Waals surface area (Å²) >= 11 is 0. The Morgan fingerprint density at radius 3 is 2.12 bits per heavy atom. The van der Waals surface area contributed by atoms with Gasteiger partial charge in [0.2, 0.25) is 0 Å². The van der Waals surface area contributed by atoms with E-state index in [0.717, 1.165) is 0 Å². The van der Waals surface area contributed by atoms with Gasteiger partial charge in [0.1, 0.15) is 24.4 Å². The molecule has 0 radical (unpaired) electrons. The van der Waals surface area contributed by atoms with Gasteiger partial charge < -0.3 is 47.4 Å². The zero-order chi connectivity index (χ0) is 18.9. The van der Waals surface area contributed by atoms with E-state index in [9.17, 15) is 24.9 Å². The van der Waals surface area contributed by atoms with Gasteiger partial charge in [0.25, 0.3) is 5.91 Å². The Labute approximate surface area is 137 Å². The minimum atomic E-state index is -2.21. The van der Waals surface area contributed by atoms with E-state index in [0.29, 0.717) is 0 Å². The van der Waals surface area contributed by atoms with Crippen LogP contribution in [0.3, 0.4) is 0 Å². The summed E-state index contributed by atoms with van der Waals surface area (Å²) in [4.78, 5) is 26.5. The molecule has 0 heterocycles. The zero-order valence-electron chi connectivity index (χ0n) is 12.8. The van der Waals surface area contributed by atoms with Crippen LogP contribution in [0.4, 0.5) is 0 Å². The molecule has 0 aromatic rings. The van der Waals surface area contributed by atoms with Crippen molar-refractivity contribution in [2.75, 3.05) is 13.2 Å². The molecule has 0 aromatic carbocycles. The minimum Gasteiger partial charge on any atom is -0.480 e. The van der Waals surface area contributed by atoms with Crippen molar-refractivity contribution in [2.24, 2.45) is 16.5 Å². The molecule has 0 spiro atoms. The number of hydrogen-bond donors (Lipinski definition) is 9. The van der Waals surface area contributed by atoms with Crippen LogP contribution >= 0.6 is 0 Å². The third-order valence-electron chi connectivity index (χ3n) is 3.08. The molecule has 1 amide bonds. The van der Waals surface area contributed by atoms with Crippen molar-refractivity contribution < 1.29 is 40.2 Å². The van der Waals surface area contributed by atoms with Crippen LogP contribution in [0.15, 0.2) is 4.99 Å². The van der Waals surface area contributed by atoms with Gasteiger partial charge in [0.15, 0.2) is 12.1 Å². The van der Waals surface area contributed by atoms with E-state index < -0.39 is 48.9 Å². The van der Waals surface area contributed by atoms with Gasteiger partial charge in [0.05, 0.1) is 6.61 Å². The molecule has 12 heteroatoms. The molecule has 12 nitrogen and oxygen atoms in total. The third kappa shape index (κ3) is 7.52. The SMILES string of the molecule is NC(N)=NCCC[C@H](NC(=O)[C@H](O)[C@@H](O)[C@H](O)[C@H](O)CO)C(=O)O. The molecule has 5 atom stereocenters. The van der Waals surface area contributed by atoms with Crippen LogP contribution in [0.2, 0.25) is 0 Å². The molecule has 0 rings (SSSR count). The van der Waals surface area contributed by atoms with E-state index in [2.05, 4.69) is 4.99 Å². The molecule has 11 N–H and O–H groups in total. The van der Waals surface area contributed by atoms with Crippen LogP contribution in [0.5, 0.6) is 0 Å². The van der Waals surface area contributed by atoms with Crippen LogP contribution in [-0.4, -0.2) is 92.1 Å². The lowest BCUT2D eigenvalue weighted by Gasteiger charge is -2.26. The number of aliphatic hydroxyl groups excluding tert-OH is 5. The Morgan fingerprint density at radius 2 is 1.67 bits per heavy atom. The Kier molecular flexibility index (Phi) is 9.83. The van der Waals surface area contributed by atoms with Gasteiger partial charge in [-0.3, -0.25) is 9.79 Å². The lowest BCUT2D eigenvalue weighted by molar-refractivity contribution is -0.153. The van der Waals surface area contributed by atoms with E-state index in [1.165, 1.54) is 0 Å². The summed E-state index contributed by atoms with van der Waals surface area (Å²) < 4.78 is 0. The molecular formula is C12H24N4O8. The number of carboxylic acid groups (broad SMARTS) is 1. The number of aliphatic imine (C=N–C) groups is 1. The Bertz CT molecular complexity index is 443. The number of rotatable bonds is 11. The van der Waals surface area contributed by atoms with Crippen molar-refractivity contribution in [3.63, 3.8) is 0 Å². The fourth-order valence-electron chi connectivity index (χ4n) is 1.70. The Balaban J connectivity index is 4.65. The van der Waals surface area contributed by atoms with E-state index in [-0.39, 0.29) is 25.3 Å². The highest BCUT2D eigenvalue weighted by Gasteiger charge is 2.35. The standard InChI is InChI=1S/C12H24N4O8/c13-12(14)15-3-1-2-5(11(23)24)16-10(22)9(21)8(20)7(19)6(18)4-17/h5-9,17-21H,1-4H2,(H,16,22)(H,23,24)(H4,13,14,15)/t5-,6+,7+,8-,9+/m0/s1. The van der Waals surface area contributed by atoms with Gasteiger partial charge in [-0.25, -0.2) is 4.79 Å². The molecule has 0 aromatic heterocycles. The first-order chi connectivity index (χ1) is 11.1. The van der Waals surface area contributed by atoms with Gasteiger partial charge in [0, 0.05) is 6.54 Å². The third-order valence-corrected chi connectivity index (χ3v) is 3.08. The fourth-order valence-corrected chi connectivity index (χ4v) is 1.70. The first-order valence-electron chi connectivity index (χ1n) is 7.03. The van der Waals surface area contributed by atoms with Crippen molar-refractivity contribution in [2.45, 2.75) is 43.3 Å². The summed E-state index contributed by atoms with van der Waals surface area (Å²) in [6.45, 7) is -0.774. The summed E-state index contributed by atoms with van der Waals surface area (Å²) in [7, 11) is 0. The van der Waals surface area contributed by atoms with E-state index >= 15 is 0 Å². The highest BCUT2D eigenvalue weighted by atomic mass is 16.4. The zero-order valence-corrected chi connectivity index (χ0v) is 12.8. The highest BCUT2D eigenvalue weighted by Crippen LogP contribution is 2.07. The van der Waals surface area contributed by atoms with Gasteiger partial charge in [-0.2, -0.15) is 0 Å². The molecule has 0 saturated heterocycles. The highest BCUT2D eigenvalue weighted by molar-refractivity contribution is 5.86. The number of hydrogen-bond acceptors (Lipinski definition) is 8. The minimum absolute atomic E-state index is 0.0531. The van der Waals surface area contributed by atoms with Gasteiger partial charge in [-0.05, 0) is 12.8 Å². The van der Waals surface area contributed by atoms with E-state index in [4.69, 9.17) is 26.8 Å². The van der Waals surface area contributed by atoms with Crippen LogP contribution in [0.1, 0.15) is 12.8 Å². The number of carbonyl (C=O) groups excluding carboxylic acids is 1. The maximum absolute atomic E-state index is 11.7. The van der Waals surface area contributed by atoms with E-state index in [1.807, 2.05) is 5.32 Å². The Morgan fingerprint density at radius 1 is 1.08 bits per heavy atom. The molecule has 0 bridgehead atoms. The number of aliphatic hydroxyl groups is 5. The van der Waals surface area contributed by atoms with Crippen molar-refractivity contribution in [1.29, 1.82) is 0 Å². The topological polar surface area (TPSA) is 232 Å². The molecule has 24 heavy (non-hydrogen) atoms. The smallest absolute Gasteiger partial charge is 0.326 e. The summed E-state index contributed by atoms with van der Waals surface area (Å²) in [6, 6.07) is -1.38. The van der Waals surface area contributed by atoms with Crippen LogP contribution in [0.25, 0.3) is 0 Å². The van der Waals surface area contributed by atoms with Gasteiger partial charge in [-0.1, -0.05) is 0 Å². The summed E-state index contributed by atoms with van der Waals surface area (Å²) in [5, 5.41) is 57.4. The lowest BCUT2D eigenvalue weighted by Crippen LogP contribution is -2.54. The van der Waals surface area contributed by atoms with E-state index in [1.54, 1.807) is 0 Å². The predicted molar refractivity (Wildman–Crippen MR) is 80.6 cm³/mol. The van der Waals surface area contributed by atoms with Crippen LogP contribution in [0, 0.1) is 0 Å². The maximum atomic E-state index is 11.7. The maximum Gasteiger partial charge on any atom is 0.326 e. The average Bonchev–Trinajstić information content (AvgIpc) is 2.53. The number of aliphatic carboxylic acids is 1. The number of carbonyl (C=O) groups is 2. The van der Waals surface area contributed by atoms with Crippen LogP contribution in [-0.2, 0) is 9.59 Å². The first kappa shape index (κ1) is 22.0. The molecule has 0 fully saturated rings. The Hall–Kier alpha value is -1.99. The first-order valence-corrected chi connectivity index (χ1v) is 7.03. The number of nitrogens with two attached hydrogens (primary N) is 2. The quantitative estimate of drug-likeness (QED) is 0.0975. The number of nitrogens with one attached hydrogen (secondary N) is 1. The number of guanidine groups is 1. The lowest BCUT2D eigenvalue weighted by atomic mass is 10.0. The molecule has 0 saturated carbocycles. The second-order valence-corrected chi connectivity index (χ2v) is 5.02. The molecular weight excluding hydrogens is 328 g/mol. The largest absolute Gasteiger partial charge is 0.480 e. The average molecular weight is 352 g/mol. The fraction of sp³-hybridized carbons (Fsp3) is 0.750. The second kappa shape index (κ2) is 10.7. The van der Waals surface area contributed by atoms with Crippen molar-refractivity contribution >= 4 is 17.8 Å².